The SMILES string of the molecule is Nc1ccccc1CNc1ccc2[nH]c(=O)[nH]c2c1. The van der Waals surface area contributed by atoms with Crippen LogP contribution in [0.25, 0.3) is 11.0 Å². The number of hydrogen-bond donors (Lipinski definition) is 4. The largest absolute Gasteiger partial charge is 0.398 e. The third-order valence-corrected chi connectivity index (χ3v) is 3.05. The number of imidazole rings is 1. The lowest BCUT2D eigenvalue weighted by Crippen LogP contribution is -2.02. The van der Waals surface area contributed by atoms with Crippen LogP contribution in [0.5, 0.6) is 0 Å². The Morgan fingerprint density at radius 1 is 1.05 bits per heavy atom. The summed E-state index contributed by atoms with van der Waals surface area (Å²) in [6.07, 6.45) is 0. The number of aromatic amines is 2. The lowest BCUT2D eigenvalue weighted by atomic mass is 10.2. The molecule has 1 aromatic heterocycles. The van der Waals surface area contributed by atoms with E-state index in [-0.39, 0.29) is 5.69 Å². The number of para-hydroxylation sites is 1. The number of benzene rings is 2. The van der Waals surface area contributed by atoms with Gasteiger partial charge in [-0.25, -0.2) is 4.79 Å². The molecule has 0 atom stereocenters. The van der Waals surface area contributed by atoms with Gasteiger partial charge in [0.2, 0.25) is 0 Å². The van der Waals surface area contributed by atoms with Crippen LogP contribution in [0.4, 0.5) is 11.4 Å². The van der Waals surface area contributed by atoms with Crippen molar-refractivity contribution in [3.8, 4) is 0 Å². The van der Waals surface area contributed by atoms with Crippen LogP contribution in [-0.4, -0.2) is 9.97 Å². The third-order valence-electron chi connectivity index (χ3n) is 3.05. The van der Waals surface area contributed by atoms with E-state index in [1.165, 1.54) is 0 Å². The Bertz CT molecular complexity index is 772. The van der Waals surface area contributed by atoms with E-state index in [0.29, 0.717) is 6.54 Å². The van der Waals surface area contributed by atoms with Gasteiger partial charge in [-0.05, 0) is 29.8 Å². The molecule has 0 unspecified atom stereocenters. The van der Waals surface area contributed by atoms with Crippen LogP contribution >= 0.6 is 0 Å². The first-order valence-electron chi connectivity index (χ1n) is 6.02. The number of nitrogen functional groups attached to an aromatic ring is 1. The minimum absolute atomic E-state index is 0.195. The topological polar surface area (TPSA) is 86.7 Å². The van der Waals surface area contributed by atoms with Crippen molar-refractivity contribution in [3.05, 3.63) is 58.5 Å². The third kappa shape index (κ3) is 2.30. The zero-order valence-electron chi connectivity index (χ0n) is 10.2. The summed E-state index contributed by atoms with van der Waals surface area (Å²) < 4.78 is 0. The molecular formula is C14H14N4O. The molecule has 0 spiro atoms. The predicted molar refractivity (Wildman–Crippen MR) is 77.1 cm³/mol. The highest BCUT2D eigenvalue weighted by Gasteiger charge is 2.01. The normalized spacial score (nSPS) is 10.7. The fourth-order valence-electron chi connectivity index (χ4n) is 2.03. The number of nitrogens with two attached hydrogens (primary N) is 1. The predicted octanol–water partition coefficient (Wildman–Crippen LogP) is 2.05. The fourth-order valence-corrected chi connectivity index (χ4v) is 2.03. The summed E-state index contributed by atoms with van der Waals surface area (Å²) in [7, 11) is 0. The number of H-pyrrole nitrogens is 2. The van der Waals surface area contributed by atoms with Gasteiger partial charge in [0.25, 0.3) is 0 Å². The van der Waals surface area contributed by atoms with Crippen LogP contribution < -0.4 is 16.7 Å². The Balaban J connectivity index is 1.82. The second-order valence-corrected chi connectivity index (χ2v) is 4.39. The molecule has 0 fully saturated rings. The Morgan fingerprint density at radius 3 is 2.68 bits per heavy atom. The van der Waals surface area contributed by atoms with Crippen LogP contribution in [0.15, 0.2) is 47.3 Å². The number of fused-ring (bicyclic) bond motifs is 1. The van der Waals surface area contributed by atoms with E-state index in [4.69, 9.17) is 5.73 Å². The summed E-state index contributed by atoms with van der Waals surface area (Å²) in [4.78, 5) is 16.6. The molecule has 19 heavy (non-hydrogen) atoms. The molecule has 0 saturated carbocycles. The van der Waals surface area contributed by atoms with Crippen molar-refractivity contribution in [2.24, 2.45) is 0 Å². The first-order chi connectivity index (χ1) is 9.22. The lowest BCUT2D eigenvalue weighted by Gasteiger charge is -2.08. The fraction of sp³-hybridized carbons (Fsp3) is 0.0714. The summed E-state index contributed by atoms with van der Waals surface area (Å²) in [5.74, 6) is 0. The molecule has 0 aliphatic carbocycles. The van der Waals surface area contributed by atoms with Gasteiger partial charge in [-0.2, -0.15) is 0 Å². The van der Waals surface area contributed by atoms with E-state index in [9.17, 15) is 4.79 Å². The number of anilines is 2. The van der Waals surface area contributed by atoms with Gasteiger partial charge in [0.15, 0.2) is 0 Å². The van der Waals surface area contributed by atoms with Crippen molar-refractivity contribution in [1.82, 2.24) is 9.97 Å². The van der Waals surface area contributed by atoms with Gasteiger partial charge >= 0.3 is 5.69 Å². The van der Waals surface area contributed by atoms with E-state index in [1.807, 2.05) is 42.5 Å². The minimum Gasteiger partial charge on any atom is -0.398 e. The van der Waals surface area contributed by atoms with Crippen LogP contribution in [-0.2, 0) is 6.54 Å². The van der Waals surface area contributed by atoms with Gasteiger partial charge in [0.1, 0.15) is 0 Å². The van der Waals surface area contributed by atoms with Crippen molar-refractivity contribution in [2.45, 2.75) is 6.54 Å². The van der Waals surface area contributed by atoms with Crippen LogP contribution in [0.2, 0.25) is 0 Å². The Morgan fingerprint density at radius 2 is 1.84 bits per heavy atom. The standard InChI is InChI=1S/C14H14N4O/c15-11-4-2-1-3-9(11)8-16-10-5-6-12-13(7-10)18-14(19)17-12/h1-7,16H,8,15H2,(H2,17,18,19). The summed E-state index contributed by atoms with van der Waals surface area (Å²) in [6, 6.07) is 13.4. The highest BCUT2D eigenvalue weighted by Crippen LogP contribution is 2.17. The summed E-state index contributed by atoms with van der Waals surface area (Å²) in [6.45, 7) is 0.646. The van der Waals surface area contributed by atoms with Crippen molar-refractivity contribution < 1.29 is 0 Å². The molecule has 0 radical (unpaired) electrons. The molecule has 96 valence electrons. The zero-order valence-corrected chi connectivity index (χ0v) is 10.2. The Hall–Kier alpha value is -2.69. The molecule has 5 heteroatoms. The first kappa shape index (κ1) is 11.4. The molecule has 0 bridgehead atoms. The second-order valence-electron chi connectivity index (χ2n) is 4.39. The summed E-state index contributed by atoms with van der Waals surface area (Å²) in [5, 5.41) is 3.29. The number of aromatic nitrogens is 2. The number of hydrogen-bond acceptors (Lipinski definition) is 3. The average Bonchev–Trinajstić information content (AvgIpc) is 2.77. The van der Waals surface area contributed by atoms with Gasteiger partial charge in [-0.3, -0.25) is 0 Å². The highest BCUT2D eigenvalue weighted by atomic mass is 16.1. The molecule has 1 heterocycles. The van der Waals surface area contributed by atoms with Crippen LogP contribution in [0.1, 0.15) is 5.56 Å². The van der Waals surface area contributed by atoms with Gasteiger partial charge < -0.3 is 21.0 Å². The molecule has 0 amide bonds. The minimum atomic E-state index is -0.195. The molecule has 0 saturated heterocycles. The molecule has 3 rings (SSSR count). The lowest BCUT2D eigenvalue weighted by molar-refractivity contribution is 1.15. The Kier molecular flexibility index (Phi) is 2.72. The second kappa shape index (κ2) is 4.53. The molecule has 2 aromatic carbocycles. The molecular weight excluding hydrogens is 240 g/mol. The molecule has 3 aromatic rings. The first-order valence-corrected chi connectivity index (χ1v) is 6.02. The molecule has 5 N–H and O–H groups in total. The van der Waals surface area contributed by atoms with Crippen LogP contribution in [0, 0.1) is 0 Å². The maximum Gasteiger partial charge on any atom is 0.323 e. The molecule has 0 aliphatic heterocycles. The smallest absolute Gasteiger partial charge is 0.323 e. The number of nitrogens with one attached hydrogen (secondary N) is 3. The zero-order chi connectivity index (χ0) is 13.2. The quantitative estimate of drug-likeness (QED) is 0.539. The monoisotopic (exact) mass is 254 g/mol. The van der Waals surface area contributed by atoms with Gasteiger partial charge in [0, 0.05) is 17.9 Å². The average molecular weight is 254 g/mol. The van der Waals surface area contributed by atoms with E-state index in [2.05, 4.69) is 15.3 Å². The molecule has 5 nitrogen and oxygen atoms in total. The highest BCUT2D eigenvalue weighted by molar-refractivity contribution is 5.78. The van der Waals surface area contributed by atoms with Crippen molar-refractivity contribution in [2.75, 3.05) is 11.1 Å². The van der Waals surface area contributed by atoms with Gasteiger partial charge in [0.05, 0.1) is 11.0 Å². The van der Waals surface area contributed by atoms with Crippen molar-refractivity contribution >= 4 is 22.4 Å². The van der Waals surface area contributed by atoms with E-state index in [0.717, 1.165) is 28.0 Å². The van der Waals surface area contributed by atoms with Gasteiger partial charge in [-0.1, -0.05) is 18.2 Å². The Labute approximate surface area is 109 Å². The molecule has 0 aliphatic rings. The van der Waals surface area contributed by atoms with Gasteiger partial charge in [-0.15, -0.1) is 0 Å². The van der Waals surface area contributed by atoms with Crippen LogP contribution in [0.3, 0.4) is 0 Å². The maximum atomic E-state index is 11.2. The van der Waals surface area contributed by atoms with E-state index in [1.54, 1.807) is 0 Å². The van der Waals surface area contributed by atoms with Crippen molar-refractivity contribution in [3.63, 3.8) is 0 Å². The number of rotatable bonds is 3. The van der Waals surface area contributed by atoms with E-state index < -0.39 is 0 Å². The van der Waals surface area contributed by atoms with Crippen molar-refractivity contribution in [1.29, 1.82) is 0 Å². The summed E-state index contributed by atoms with van der Waals surface area (Å²) in [5.41, 5.74) is 10.0. The maximum absolute atomic E-state index is 11.2. The summed E-state index contributed by atoms with van der Waals surface area (Å²) >= 11 is 0. The van der Waals surface area contributed by atoms with E-state index >= 15 is 0 Å².